The number of piperazine rings is 1. The van der Waals surface area contributed by atoms with Crippen molar-refractivity contribution < 1.29 is 13.2 Å². The third-order valence-electron chi connectivity index (χ3n) is 5.50. The van der Waals surface area contributed by atoms with E-state index in [1.807, 2.05) is 0 Å². The number of halogens is 1. The van der Waals surface area contributed by atoms with E-state index in [2.05, 4.69) is 4.98 Å². The van der Waals surface area contributed by atoms with Crippen LogP contribution in [0, 0.1) is 0 Å². The number of fused-ring (bicyclic) bond motifs is 1. The lowest BCUT2D eigenvalue weighted by Gasteiger charge is -2.34. The number of nitrogens with zero attached hydrogens (tertiary/aromatic N) is 3. The fourth-order valence-corrected chi connectivity index (χ4v) is 5.31. The molecule has 0 spiro atoms. The molecule has 0 aliphatic carbocycles. The summed E-state index contributed by atoms with van der Waals surface area (Å²) in [4.78, 5) is 40.9. The maximum atomic E-state index is 12.8. The van der Waals surface area contributed by atoms with Crippen LogP contribution in [0.5, 0.6) is 0 Å². The number of para-hydroxylation sites is 1. The van der Waals surface area contributed by atoms with Crippen molar-refractivity contribution in [2.24, 2.45) is 0 Å². The third kappa shape index (κ3) is 4.34. The molecule has 2 heterocycles. The van der Waals surface area contributed by atoms with E-state index < -0.39 is 21.3 Å². The maximum Gasteiger partial charge on any atom is 0.328 e. The number of rotatable bonds is 5. The number of H-pyrrole nitrogens is 1. The summed E-state index contributed by atoms with van der Waals surface area (Å²) in [6.45, 7) is 0.981. The van der Waals surface area contributed by atoms with Crippen LogP contribution in [-0.4, -0.2) is 59.3 Å². The van der Waals surface area contributed by atoms with Crippen molar-refractivity contribution in [1.82, 2.24) is 18.8 Å². The second kappa shape index (κ2) is 8.89. The largest absolute Gasteiger partial charge is 0.340 e. The summed E-state index contributed by atoms with van der Waals surface area (Å²) in [5.74, 6) is -0.185. The molecule has 0 atom stereocenters. The van der Waals surface area contributed by atoms with Gasteiger partial charge in [-0.2, -0.15) is 4.31 Å². The lowest BCUT2D eigenvalue weighted by atomic mass is 10.2. The van der Waals surface area contributed by atoms with E-state index in [9.17, 15) is 22.8 Å². The summed E-state index contributed by atoms with van der Waals surface area (Å²) < 4.78 is 28.3. The zero-order valence-corrected chi connectivity index (χ0v) is 18.6. The van der Waals surface area contributed by atoms with E-state index in [-0.39, 0.29) is 49.9 Å². The van der Waals surface area contributed by atoms with Gasteiger partial charge in [0.25, 0.3) is 5.56 Å². The van der Waals surface area contributed by atoms with Gasteiger partial charge in [-0.05, 0) is 36.4 Å². The van der Waals surface area contributed by atoms with Gasteiger partial charge < -0.3 is 4.90 Å². The SMILES string of the molecule is O=C(CCn1c(=O)[nH]c(=O)c2ccccc21)N1CCN(S(=O)(=O)c2ccc(Cl)cc2)CC1. The van der Waals surface area contributed by atoms with Crippen molar-refractivity contribution in [1.29, 1.82) is 0 Å². The quantitative estimate of drug-likeness (QED) is 0.595. The summed E-state index contributed by atoms with van der Waals surface area (Å²) in [7, 11) is -3.66. The minimum atomic E-state index is -3.66. The average molecular weight is 477 g/mol. The fourth-order valence-electron chi connectivity index (χ4n) is 3.76. The minimum Gasteiger partial charge on any atom is -0.340 e. The number of hydrogen-bond acceptors (Lipinski definition) is 5. The van der Waals surface area contributed by atoms with Crippen LogP contribution in [0.4, 0.5) is 0 Å². The molecule has 1 fully saturated rings. The van der Waals surface area contributed by atoms with E-state index in [4.69, 9.17) is 11.6 Å². The highest BCUT2D eigenvalue weighted by Gasteiger charge is 2.30. The molecule has 1 aliphatic heterocycles. The standard InChI is InChI=1S/C21H21ClN4O5S/c22-15-5-7-16(8-6-15)32(30,31)25-13-11-24(12-14-25)19(27)9-10-26-18-4-2-1-3-17(18)20(28)23-21(26)29/h1-8H,9-14H2,(H,23,28,29). The van der Waals surface area contributed by atoms with E-state index in [1.54, 1.807) is 29.2 Å². The first-order chi connectivity index (χ1) is 15.3. The molecule has 1 N–H and O–H groups in total. The van der Waals surface area contributed by atoms with Gasteiger partial charge in [-0.25, -0.2) is 13.2 Å². The number of sulfonamides is 1. The number of nitrogens with one attached hydrogen (secondary N) is 1. The Morgan fingerprint density at radius 1 is 0.969 bits per heavy atom. The zero-order valence-electron chi connectivity index (χ0n) is 17.0. The number of benzene rings is 2. The molecule has 1 amide bonds. The molecule has 0 radical (unpaired) electrons. The minimum absolute atomic E-state index is 0.0554. The van der Waals surface area contributed by atoms with Crippen LogP contribution in [-0.2, 0) is 21.4 Å². The first-order valence-corrected chi connectivity index (χ1v) is 11.8. The van der Waals surface area contributed by atoms with Crippen LogP contribution in [0.1, 0.15) is 6.42 Å². The summed E-state index contributed by atoms with van der Waals surface area (Å²) in [6, 6.07) is 12.7. The first-order valence-electron chi connectivity index (χ1n) is 10.0. The predicted molar refractivity (Wildman–Crippen MR) is 120 cm³/mol. The summed E-state index contributed by atoms with van der Waals surface area (Å²) >= 11 is 5.83. The molecule has 32 heavy (non-hydrogen) atoms. The van der Waals surface area contributed by atoms with Gasteiger partial charge >= 0.3 is 5.69 Å². The van der Waals surface area contributed by atoms with Crippen molar-refractivity contribution in [3.63, 3.8) is 0 Å². The highest BCUT2D eigenvalue weighted by Crippen LogP contribution is 2.20. The topological polar surface area (TPSA) is 113 Å². The molecule has 9 nitrogen and oxygen atoms in total. The lowest BCUT2D eigenvalue weighted by molar-refractivity contribution is -0.132. The molecule has 1 aliphatic rings. The number of aryl methyl sites for hydroxylation is 1. The fraction of sp³-hybridized carbons (Fsp3) is 0.286. The van der Waals surface area contributed by atoms with Crippen molar-refractivity contribution >= 4 is 38.4 Å². The molecular formula is C21H21ClN4O5S. The second-order valence-electron chi connectivity index (χ2n) is 7.42. The molecule has 1 saturated heterocycles. The Hall–Kier alpha value is -2.95. The van der Waals surface area contributed by atoms with E-state index in [1.165, 1.54) is 33.1 Å². The summed E-state index contributed by atoms with van der Waals surface area (Å²) in [5.41, 5.74) is -0.570. The molecule has 3 aromatic rings. The van der Waals surface area contributed by atoms with Gasteiger partial charge in [0.15, 0.2) is 0 Å². The van der Waals surface area contributed by atoms with Gasteiger partial charge in [0.05, 0.1) is 15.8 Å². The van der Waals surface area contributed by atoms with Crippen LogP contribution in [0.3, 0.4) is 0 Å². The van der Waals surface area contributed by atoms with Crippen molar-refractivity contribution in [3.05, 3.63) is 74.4 Å². The molecular weight excluding hydrogens is 456 g/mol. The Labute approximate surface area is 188 Å². The van der Waals surface area contributed by atoms with Crippen molar-refractivity contribution in [2.45, 2.75) is 17.9 Å². The monoisotopic (exact) mass is 476 g/mol. The molecule has 0 unspecified atom stereocenters. The number of carbonyl (C=O) groups is 1. The van der Waals surface area contributed by atoms with Crippen LogP contribution >= 0.6 is 11.6 Å². The van der Waals surface area contributed by atoms with E-state index in [0.717, 1.165) is 0 Å². The number of carbonyl (C=O) groups excluding carboxylic acids is 1. The number of aromatic nitrogens is 2. The van der Waals surface area contributed by atoms with Gasteiger partial charge in [-0.1, -0.05) is 23.7 Å². The van der Waals surface area contributed by atoms with E-state index >= 15 is 0 Å². The Morgan fingerprint density at radius 2 is 1.62 bits per heavy atom. The Morgan fingerprint density at radius 3 is 2.31 bits per heavy atom. The smallest absolute Gasteiger partial charge is 0.328 e. The number of hydrogen-bond donors (Lipinski definition) is 1. The van der Waals surface area contributed by atoms with Crippen LogP contribution in [0.2, 0.25) is 5.02 Å². The van der Waals surface area contributed by atoms with Gasteiger partial charge in [0.1, 0.15) is 0 Å². The average Bonchev–Trinajstić information content (AvgIpc) is 2.79. The highest BCUT2D eigenvalue weighted by atomic mass is 35.5. The molecule has 4 rings (SSSR count). The first kappa shape index (κ1) is 22.3. The number of aromatic amines is 1. The Balaban J connectivity index is 1.41. The Bertz CT molecular complexity index is 1370. The normalized spacial score (nSPS) is 15.2. The molecule has 168 valence electrons. The predicted octanol–water partition coefficient (Wildman–Crippen LogP) is 1.27. The molecule has 0 saturated carbocycles. The zero-order chi connectivity index (χ0) is 22.9. The van der Waals surface area contributed by atoms with Crippen LogP contribution < -0.4 is 11.2 Å². The molecule has 11 heteroatoms. The molecule has 1 aromatic heterocycles. The molecule has 2 aromatic carbocycles. The third-order valence-corrected chi connectivity index (χ3v) is 7.66. The second-order valence-corrected chi connectivity index (χ2v) is 9.79. The van der Waals surface area contributed by atoms with Crippen LogP contribution in [0.15, 0.2) is 63.0 Å². The summed E-state index contributed by atoms with van der Waals surface area (Å²) in [6.07, 6.45) is 0.0554. The van der Waals surface area contributed by atoms with Gasteiger partial charge in [-0.15, -0.1) is 0 Å². The summed E-state index contributed by atoms with van der Waals surface area (Å²) in [5, 5.41) is 0.828. The lowest BCUT2D eigenvalue weighted by Crippen LogP contribution is -2.50. The van der Waals surface area contributed by atoms with Crippen LogP contribution in [0.25, 0.3) is 10.9 Å². The van der Waals surface area contributed by atoms with E-state index in [0.29, 0.717) is 15.9 Å². The van der Waals surface area contributed by atoms with Gasteiger partial charge in [-0.3, -0.25) is 19.1 Å². The van der Waals surface area contributed by atoms with Crippen molar-refractivity contribution in [2.75, 3.05) is 26.2 Å². The van der Waals surface area contributed by atoms with Crippen molar-refractivity contribution in [3.8, 4) is 0 Å². The Kier molecular flexibility index (Phi) is 6.18. The van der Waals surface area contributed by atoms with Gasteiger partial charge in [0, 0.05) is 44.2 Å². The highest BCUT2D eigenvalue weighted by molar-refractivity contribution is 7.89. The van der Waals surface area contributed by atoms with Gasteiger partial charge in [0.2, 0.25) is 15.9 Å². The maximum absolute atomic E-state index is 12.8. The number of amides is 1. The molecule has 0 bridgehead atoms.